The van der Waals surface area contributed by atoms with Gasteiger partial charge in [0.1, 0.15) is 5.69 Å². The number of benzene rings is 3. The molecule has 1 saturated heterocycles. The van der Waals surface area contributed by atoms with Gasteiger partial charge in [0.05, 0.1) is 5.01 Å². The largest absolute Gasteiger partial charge is 0.378 e. The summed E-state index contributed by atoms with van der Waals surface area (Å²) in [5.41, 5.74) is 5.01. The van der Waals surface area contributed by atoms with Gasteiger partial charge in [0.25, 0.3) is 5.91 Å². The molecule has 0 spiro atoms. The van der Waals surface area contributed by atoms with Gasteiger partial charge in [-0.15, -0.1) is 11.3 Å². The quantitative estimate of drug-likeness (QED) is 0.241. The molecule has 0 bridgehead atoms. The van der Waals surface area contributed by atoms with Gasteiger partial charge in [-0.25, -0.2) is 4.98 Å². The molecule has 1 aromatic heterocycles. The summed E-state index contributed by atoms with van der Waals surface area (Å²) in [7, 11) is 4.06. The molecule has 0 radical (unpaired) electrons. The topological polar surface area (TPSA) is 60.5 Å². The number of piperidine rings is 1. The van der Waals surface area contributed by atoms with Crippen molar-refractivity contribution in [2.24, 2.45) is 0 Å². The lowest BCUT2D eigenvalue weighted by atomic mass is 9.91. The number of aromatic nitrogens is 1. The maximum Gasteiger partial charge on any atom is 0.270 e. The SMILES string of the molecule is CN(C)c1ccc(NC(=S)N2CCC(c3nc(C(=O)NCC(c4ccccc4)c4ccccc4)cs3)CC2)cc1. The molecule has 8 heteroatoms. The number of nitrogens with one attached hydrogen (secondary N) is 2. The lowest BCUT2D eigenvalue weighted by Gasteiger charge is -2.33. The van der Waals surface area contributed by atoms with Crippen molar-refractivity contribution in [1.29, 1.82) is 0 Å². The van der Waals surface area contributed by atoms with E-state index in [0.717, 1.165) is 47.4 Å². The molecule has 0 saturated carbocycles. The first kappa shape index (κ1) is 27.8. The lowest BCUT2D eigenvalue weighted by molar-refractivity contribution is 0.0948. The summed E-state index contributed by atoms with van der Waals surface area (Å²) < 4.78 is 0. The molecule has 3 aromatic carbocycles. The van der Waals surface area contributed by atoms with Crippen LogP contribution in [0.15, 0.2) is 90.3 Å². The number of anilines is 2. The number of nitrogens with zero attached hydrogens (tertiary/aromatic N) is 3. The number of hydrogen-bond donors (Lipinski definition) is 2. The number of thiazole rings is 1. The van der Waals surface area contributed by atoms with E-state index in [1.807, 2.05) is 55.9 Å². The van der Waals surface area contributed by atoms with E-state index in [2.05, 4.69) is 69.0 Å². The van der Waals surface area contributed by atoms with Gasteiger partial charge in [-0.3, -0.25) is 4.79 Å². The highest BCUT2D eigenvalue weighted by Crippen LogP contribution is 2.31. The number of rotatable bonds is 8. The fourth-order valence-electron chi connectivity index (χ4n) is 5.04. The maximum atomic E-state index is 13.1. The van der Waals surface area contributed by atoms with E-state index in [-0.39, 0.29) is 11.8 Å². The molecule has 5 rings (SSSR count). The third-order valence-electron chi connectivity index (χ3n) is 7.39. The van der Waals surface area contributed by atoms with Crippen LogP contribution in [-0.4, -0.2) is 54.6 Å². The molecule has 1 amide bonds. The molecule has 1 fully saturated rings. The van der Waals surface area contributed by atoms with Gasteiger partial charge in [-0.2, -0.15) is 0 Å². The van der Waals surface area contributed by atoms with Crippen LogP contribution in [-0.2, 0) is 0 Å². The Morgan fingerprint density at radius 3 is 2.15 bits per heavy atom. The Bertz CT molecular complexity index is 1360. The van der Waals surface area contributed by atoms with E-state index in [0.29, 0.717) is 18.2 Å². The van der Waals surface area contributed by atoms with E-state index >= 15 is 0 Å². The van der Waals surface area contributed by atoms with Crippen molar-refractivity contribution in [1.82, 2.24) is 15.2 Å². The first-order valence-corrected chi connectivity index (χ1v) is 14.9. The Morgan fingerprint density at radius 2 is 1.57 bits per heavy atom. The van der Waals surface area contributed by atoms with Crippen molar-refractivity contribution >= 4 is 45.9 Å². The van der Waals surface area contributed by atoms with Crippen LogP contribution in [0, 0.1) is 0 Å². The Hall–Kier alpha value is -3.75. The minimum Gasteiger partial charge on any atom is -0.378 e. The van der Waals surface area contributed by atoms with Crippen LogP contribution in [0.25, 0.3) is 0 Å². The molecular weight excluding hydrogens is 535 g/mol. The molecule has 0 aliphatic carbocycles. The van der Waals surface area contributed by atoms with E-state index in [4.69, 9.17) is 17.2 Å². The first-order chi connectivity index (χ1) is 19.5. The minimum absolute atomic E-state index is 0.0807. The third kappa shape index (κ3) is 6.87. The predicted molar refractivity (Wildman–Crippen MR) is 170 cm³/mol. The maximum absolute atomic E-state index is 13.1. The van der Waals surface area contributed by atoms with Crippen molar-refractivity contribution in [2.45, 2.75) is 24.7 Å². The second-order valence-corrected chi connectivity index (χ2v) is 11.6. The summed E-state index contributed by atoms with van der Waals surface area (Å²) >= 11 is 7.28. The van der Waals surface area contributed by atoms with Gasteiger partial charge < -0.3 is 20.4 Å². The normalized spacial score (nSPS) is 13.7. The minimum atomic E-state index is -0.123. The number of carbonyl (C=O) groups is 1. The second kappa shape index (κ2) is 13.1. The van der Waals surface area contributed by atoms with Crippen LogP contribution < -0.4 is 15.5 Å². The Morgan fingerprint density at radius 1 is 0.975 bits per heavy atom. The van der Waals surface area contributed by atoms with Crippen LogP contribution in [0.1, 0.15) is 51.3 Å². The van der Waals surface area contributed by atoms with Crippen LogP contribution in [0.2, 0.25) is 0 Å². The molecule has 1 aliphatic heterocycles. The van der Waals surface area contributed by atoms with Crippen molar-refractivity contribution in [3.63, 3.8) is 0 Å². The van der Waals surface area contributed by atoms with E-state index < -0.39 is 0 Å². The summed E-state index contributed by atoms with van der Waals surface area (Å²) in [5.74, 6) is 0.297. The third-order valence-corrected chi connectivity index (χ3v) is 8.76. The number of likely N-dealkylation sites (tertiary alicyclic amines) is 1. The first-order valence-electron chi connectivity index (χ1n) is 13.6. The molecule has 2 heterocycles. The summed E-state index contributed by atoms with van der Waals surface area (Å²) in [6, 6.07) is 28.9. The Labute approximate surface area is 246 Å². The molecule has 0 unspecified atom stereocenters. The fourth-order valence-corrected chi connectivity index (χ4v) is 6.31. The van der Waals surface area contributed by atoms with Gasteiger partial charge >= 0.3 is 0 Å². The van der Waals surface area contributed by atoms with Crippen LogP contribution in [0.3, 0.4) is 0 Å². The van der Waals surface area contributed by atoms with Crippen LogP contribution in [0.5, 0.6) is 0 Å². The summed E-state index contributed by atoms with van der Waals surface area (Å²) in [5, 5.41) is 10.2. The van der Waals surface area contributed by atoms with Crippen molar-refractivity contribution < 1.29 is 4.79 Å². The Kier molecular flexibility index (Phi) is 9.08. The van der Waals surface area contributed by atoms with Gasteiger partial charge in [-0.1, -0.05) is 60.7 Å². The van der Waals surface area contributed by atoms with E-state index in [1.165, 1.54) is 11.1 Å². The highest BCUT2D eigenvalue weighted by atomic mass is 32.1. The van der Waals surface area contributed by atoms with Gasteiger partial charge in [0.2, 0.25) is 0 Å². The molecule has 0 atom stereocenters. The molecular formula is C32H35N5OS2. The standard InChI is InChI=1S/C32H35N5OS2/c1-36(2)27-15-13-26(14-16-27)34-32(39)37-19-17-25(18-20-37)31-35-29(22-40-31)30(38)33-21-28(23-9-5-3-6-10-23)24-11-7-4-8-12-24/h3-16,22,25,28H,17-21H2,1-2H3,(H,33,38)(H,34,39). The molecule has 4 aromatic rings. The summed E-state index contributed by atoms with van der Waals surface area (Å²) in [6.07, 6.45) is 1.92. The molecule has 6 nitrogen and oxygen atoms in total. The highest BCUT2D eigenvalue weighted by Gasteiger charge is 2.25. The average molecular weight is 570 g/mol. The van der Waals surface area contributed by atoms with Gasteiger partial charge in [-0.05, 0) is 60.5 Å². The summed E-state index contributed by atoms with van der Waals surface area (Å²) in [6.45, 7) is 2.24. The van der Waals surface area contributed by atoms with Crippen LogP contribution >= 0.6 is 23.6 Å². The fraction of sp³-hybridized carbons (Fsp3) is 0.281. The number of thiocarbonyl (C=S) groups is 1. The monoisotopic (exact) mass is 569 g/mol. The molecule has 206 valence electrons. The smallest absolute Gasteiger partial charge is 0.270 e. The predicted octanol–water partition coefficient (Wildman–Crippen LogP) is 6.35. The van der Waals surface area contributed by atoms with Crippen molar-refractivity contribution in [2.75, 3.05) is 43.9 Å². The molecule has 2 N–H and O–H groups in total. The zero-order chi connectivity index (χ0) is 27.9. The van der Waals surface area contributed by atoms with Crippen molar-refractivity contribution in [3.05, 3.63) is 112 Å². The number of amides is 1. The lowest BCUT2D eigenvalue weighted by Crippen LogP contribution is -2.40. The highest BCUT2D eigenvalue weighted by molar-refractivity contribution is 7.80. The van der Waals surface area contributed by atoms with E-state index in [1.54, 1.807) is 11.3 Å². The zero-order valence-corrected chi connectivity index (χ0v) is 24.5. The molecule has 1 aliphatic rings. The van der Waals surface area contributed by atoms with E-state index in [9.17, 15) is 4.79 Å². The zero-order valence-electron chi connectivity index (χ0n) is 22.9. The summed E-state index contributed by atoms with van der Waals surface area (Å²) in [4.78, 5) is 22.1. The molecule has 40 heavy (non-hydrogen) atoms. The average Bonchev–Trinajstić information content (AvgIpc) is 3.49. The van der Waals surface area contributed by atoms with Gasteiger partial charge in [0.15, 0.2) is 5.11 Å². The number of hydrogen-bond acceptors (Lipinski definition) is 5. The number of carbonyl (C=O) groups excluding carboxylic acids is 1. The van der Waals surface area contributed by atoms with Gasteiger partial charge in [0, 0.05) is 62.3 Å². The Balaban J connectivity index is 1.14. The van der Waals surface area contributed by atoms with Crippen LogP contribution in [0.4, 0.5) is 11.4 Å². The second-order valence-electron chi connectivity index (χ2n) is 10.3. The van der Waals surface area contributed by atoms with Crippen molar-refractivity contribution in [3.8, 4) is 0 Å².